The Balaban J connectivity index is 2.43. The van der Waals surface area contributed by atoms with Crippen LogP contribution in [0.25, 0.3) is 0 Å². The summed E-state index contributed by atoms with van der Waals surface area (Å²) < 4.78 is 11.6. The standard InChI is InChI=1S/C20H24O3Si/c1-15(2)19(21)22-14-16(3)20(23-24,17-10-6-4-7-11-17)18-12-8-5-9-13-18/h4-13,16H,1,14H2,2-3,24H3. The molecular formula is C20H24O3Si. The Kier molecular flexibility index (Phi) is 6.12. The van der Waals surface area contributed by atoms with Gasteiger partial charge in [-0.15, -0.1) is 0 Å². The normalized spacial score (nSPS) is 12.6. The lowest BCUT2D eigenvalue weighted by Crippen LogP contribution is -2.40. The lowest BCUT2D eigenvalue weighted by atomic mass is 9.77. The molecule has 1 unspecified atom stereocenters. The van der Waals surface area contributed by atoms with E-state index >= 15 is 0 Å². The average molecular weight is 340 g/mol. The van der Waals surface area contributed by atoms with Crippen LogP contribution in [0.15, 0.2) is 72.8 Å². The zero-order chi connectivity index (χ0) is 17.6. The highest BCUT2D eigenvalue weighted by molar-refractivity contribution is 5.98. The molecule has 126 valence electrons. The minimum Gasteiger partial charge on any atom is -0.462 e. The minimum atomic E-state index is -0.635. The molecule has 1 atom stereocenters. The topological polar surface area (TPSA) is 35.5 Å². The molecule has 0 fully saturated rings. The highest BCUT2D eigenvalue weighted by Crippen LogP contribution is 2.40. The number of esters is 1. The van der Waals surface area contributed by atoms with E-state index in [1.54, 1.807) is 6.92 Å². The molecule has 3 nitrogen and oxygen atoms in total. The van der Waals surface area contributed by atoms with Gasteiger partial charge in [0, 0.05) is 11.5 Å². The fourth-order valence-electron chi connectivity index (χ4n) is 2.99. The van der Waals surface area contributed by atoms with E-state index in [-0.39, 0.29) is 18.5 Å². The zero-order valence-corrected chi connectivity index (χ0v) is 16.5. The molecule has 0 bridgehead atoms. The van der Waals surface area contributed by atoms with Gasteiger partial charge in [-0.25, -0.2) is 4.79 Å². The second kappa shape index (κ2) is 8.08. The molecule has 24 heavy (non-hydrogen) atoms. The Labute approximate surface area is 146 Å². The van der Waals surface area contributed by atoms with E-state index in [0.717, 1.165) is 11.1 Å². The number of benzene rings is 2. The third kappa shape index (κ3) is 3.66. The van der Waals surface area contributed by atoms with Crippen LogP contribution in [0.1, 0.15) is 25.0 Å². The third-order valence-electron chi connectivity index (χ3n) is 4.23. The van der Waals surface area contributed by atoms with Crippen LogP contribution in [0.5, 0.6) is 0 Å². The van der Waals surface area contributed by atoms with Crippen molar-refractivity contribution in [1.29, 1.82) is 0 Å². The van der Waals surface area contributed by atoms with Crippen LogP contribution in [0.2, 0.25) is 0 Å². The summed E-state index contributed by atoms with van der Waals surface area (Å²) in [6.07, 6.45) is 0. The maximum atomic E-state index is 11.8. The van der Waals surface area contributed by atoms with Gasteiger partial charge >= 0.3 is 5.97 Å². The molecule has 0 aliphatic rings. The van der Waals surface area contributed by atoms with Gasteiger partial charge in [-0.05, 0) is 18.1 Å². The predicted molar refractivity (Wildman–Crippen MR) is 99.6 cm³/mol. The van der Waals surface area contributed by atoms with E-state index in [0.29, 0.717) is 16.1 Å². The first-order chi connectivity index (χ1) is 11.5. The van der Waals surface area contributed by atoms with Crippen LogP contribution in [-0.2, 0) is 19.6 Å². The van der Waals surface area contributed by atoms with Gasteiger partial charge in [0.25, 0.3) is 0 Å². The smallest absolute Gasteiger partial charge is 0.333 e. The summed E-state index contributed by atoms with van der Waals surface area (Å²) in [7, 11) is 0.556. The Morgan fingerprint density at radius 2 is 1.54 bits per heavy atom. The van der Waals surface area contributed by atoms with Crippen molar-refractivity contribution in [3.8, 4) is 0 Å². The molecule has 0 saturated carbocycles. The lowest BCUT2D eigenvalue weighted by molar-refractivity contribution is -0.142. The summed E-state index contributed by atoms with van der Waals surface area (Å²) in [4.78, 5) is 11.8. The Morgan fingerprint density at radius 3 is 1.92 bits per heavy atom. The van der Waals surface area contributed by atoms with Crippen molar-refractivity contribution in [3.05, 3.63) is 83.9 Å². The molecule has 0 spiro atoms. The van der Waals surface area contributed by atoms with Crippen LogP contribution in [0.3, 0.4) is 0 Å². The van der Waals surface area contributed by atoms with E-state index < -0.39 is 5.60 Å². The number of ether oxygens (including phenoxy) is 1. The van der Waals surface area contributed by atoms with Crippen molar-refractivity contribution in [2.24, 2.45) is 5.92 Å². The van der Waals surface area contributed by atoms with E-state index in [1.807, 2.05) is 43.3 Å². The van der Waals surface area contributed by atoms with Crippen LogP contribution >= 0.6 is 0 Å². The summed E-state index contributed by atoms with van der Waals surface area (Å²) in [6, 6.07) is 20.2. The van der Waals surface area contributed by atoms with Gasteiger partial charge in [0.1, 0.15) is 16.1 Å². The fraction of sp³-hybridized carbons (Fsp3) is 0.250. The molecule has 0 amide bonds. The highest BCUT2D eigenvalue weighted by atomic mass is 28.2. The van der Waals surface area contributed by atoms with Gasteiger partial charge in [-0.2, -0.15) is 0 Å². The molecule has 0 aromatic heterocycles. The molecular weight excluding hydrogens is 316 g/mol. The summed E-state index contributed by atoms with van der Waals surface area (Å²) in [5, 5.41) is 0. The Hall–Kier alpha value is -2.17. The number of hydrogen-bond acceptors (Lipinski definition) is 3. The second-order valence-corrected chi connectivity index (χ2v) is 6.36. The average Bonchev–Trinajstić information content (AvgIpc) is 2.62. The maximum Gasteiger partial charge on any atom is 0.333 e. The van der Waals surface area contributed by atoms with Gasteiger partial charge in [0.05, 0.1) is 6.61 Å². The molecule has 2 aromatic rings. The second-order valence-electron chi connectivity index (χ2n) is 5.95. The van der Waals surface area contributed by atoms with Crippen LogP contribution in [0, 0.1) is 5.92 Å². The molecule has 2 rings (SSSR count). The third-order valence-corrected chi connectivity index (χ3v) is 4.88. The highest BCUT2D eigenvalue weighted by Gasteiger charge is 2.40. The van der Waals surface area contributed by atoms with Crippen molar-refractivity contribution in [1.82, 2.24) is 0 Å². The van der Waals surface area contributed by atoms with E-state index in [4.69, 9.17) is 9.16 Å². The van der Waals surface area contributed by atoms with Crippen LogP contribution in [0.4, 0.5) is 0 Å². The van der Waals surface area contributed by atoms with Crippen molar-refractivity contribution < 1.29 is 14.0 Å². The van der Waals surface area contributed by atoms with Crippen molar-refractivity contribution in [3.63, 3.8) is 0 Å². The quantitative estimate of drug-likeness (QED) is 0.442. The summed E-state index contributed by atoms with van der Waals surface area (Å²) in [6.45, 7) is 7.59. The van der Waals surface area contributed by atoms with Crippen LogP contribution < -0.4 is 0 Å². The SMILES string of the molecule is C=C(C)C(=O)OCC(C)C(O[SiH3])(c1ccccc1)c1ccccc1. The number of hydrogen-bond donors (Lipinski definition) is 0. The molecule has 0 N–H and O–H groups in total. The predicted octanol–water partition coefficient (Wildman–Crippen LogP) is 2.98. The monoisotopic (exact) mass is 340 g/mol. The number of carbonyl (C=O) groups is 1. The van der Waals surface area contributed by atoms with Gasteiger partial charge in [-0.1, -0.05) is 74.2 Å². The lowest BCUT2D eigenvalue weighted by Gasteiger charge is -2.39. The fourth-order valence-corrected chi connectivity index (χ4v) is 3.86. The molecule has 0 saturated heterocycles. The first kappa shape index (κ1) is 18.2. The van der Waals surface area contributed by atoms with Gasteiger partial charge in [-0.3, -0.25) is 0 Å². The first-order valence-corrected chi connectivity index (χ1v) is 8.82. The molecule has 0 aliphatic carbocycles. The molecule has 0 heterocycles. The molecule has 0 radical (unpaired) electrons. The molecule has 4 heteroatoms. The molecule has 2 aromatic carbocycles. The van der Waals surface area contributed by atoms with Crippen molar-refractivity contribution in [2.45, 2.75) is 19.4 Å². The van der Waals surface area contributed by atoms with Crippen molar-refractivity contribution >= 4 is 16.5 Å². The number of rotatable bonds is 7. The number of carbonyl (C=O) groups excluding carboxylic acids is 1. The molecule has 0 aliphatic heterocycles. The summed E-state index contributed by atoms with van der Waals surface area (Å²) >= 11 is 0. The maximum absolute atomic E-state index is 11.8. The Bertz CT molecular complexity index is 643. The van der Waals surface area contributed by atoms with Gasteiger partial charge < -0.3 is 9.16 Å². The van der Waals surface area contributed by atoms with Gasteiger partial charge in [0.15, 0.2) is 0 Å². The van der Waals surface area contributed by atoms with E-state index in [1.165, 1.54) is 0 Å². The minimum absolute atomic E-state index is 0.0527. The Morgan fingerprint density at radius 1 is 1.08 bits per heavy atom. The van der Waals surface area contributed by atoms with Gasteiger partial charge in [0.2, 0.25) is 0 Å². The summed E-state index contributed by atoms with van der Waals surface area (Å²) in [5.41, 5.74) is 1.89. The van der Waals surface area contributed by atoms with E-state index in [2.05, 4.69) is 30.8 Å². The summed E-state index contributed by atoms with van der Waals surface area (Å²) in [5.74, 6) is -0.423. The van der Waals surface area contributed by atoms with E-state index in [9.17, 15) is 4.79 Å². The zero-order valence-electron chi connectivity index (χ0n) is 14.5. The van der Waals surface area contributed by atoms with Crippen molar-refractivity contribution in [2.75, 3.05) is 6.61 Å². The van der Waals surface area contributed by atoms with Crippen LogP contribution in [-0.4, -0.2) is 23.1 Å². The first-order valence-electron chi connectivity index (χ1n) is 8.01. The largest absolute Gasteiger partial charge is 0.462 e.